The molecule has 0 atom stereocenters. The zero-order valence-electron chi connectivity index (χ0n) is 8.65. The molecule has 1 heterocycles. The number of piperidine rings is 1. The van der Waals surface area contributed by atoms with Gasteiger partial charge in [0.15, 0.2) is 7.18 Å². The second kappa shape index (κ2) is 3.57. The third-order valence-corrected chi connectivity index (χ3v) is 7.16. The summed E-state index contributed by atoms with van der Waals surface area (Å²) in [6.45, 7) is 9.61. The van der Waals surface area contributed by atoms with Crippen LogP contribution < -0.4 is 0 Å². The Morgan fingerprint density at radius 1 is 1.08 bits per heavy atom. The van der Waals surface area contributed by atoms with Crippen molar-refractivity contribution in [3.8, 4) is 0 Å². The third kappa shape index (κ3) is 2.04. The highest BCUT2D eigenvalue weighted by atomic mass is 127. The van der Waals surface area contributed by atoms with Crippen molar-refractivity contribution in [2.24, 2.45) is 0 Å². The molecule has 0 amide bonds. The van der Waals surface area contributed by atoms with Gasteiger partial charge in [0, 0.05) is 11.1 Å². The summed E-state index contributed by atoms with van der Waals surface area (Å²) in [6, 6.07) is 0. The van der Waals surface area contributed by atoms with Crippen molar-refractivity contribution in [2.75, 3.05) is 0 Å². The Labute approximate surface area is 91.4 Å². The van der Waals surface area contributed by atoms with E-state index in [9.17, 15) is 0 Å². The van der Waals surface area contributed by atoms with Crippen molar-refractivity contribution in [1.29, 1.82) is 0 Å². The molecule has 1 rings (SSSR count). The van der Waals surface area contributed by atoms with Gasteiger partial charge in [0.05, 0.1) is 0 Å². The minimum Gasteiger partial charge on any atom is -0.310 e. The fourth-order valence-electron chi connectivity index (χ4n) is 2.37. The van der Waals surface area contributed by atoms with Crippen molar-refractivity contribution in [2.45, 2.75) is 58.0 Å². The third-order valence-electron chi connectivity index (χ3n) is 3.16. The van der Waals surface area contributed by atoms with E-state index in [-0.39, 0.29) is 7.18 Å². The van der Waals surface area contributed by atoms with E-state index in [1.54, 1.807) is 0 Å². The van der Waals surface area contributed by atoms with E-state index in [1.807, 2.05) is 0 Å². The van der Waals surface area contributed by atoms with Gasteiger partial charge in [-0.1, -0.05) is 0 Å². The smallest absolute Gasteiger partial charge is 0.166 e. The molecule has 1 nitrogen and oxygen atoms in total. The number of rotatable bonds is 1. The Bertz CT molecular complexity index is 152. The standard InChI is InChI=1S/C9H20INSi/c1-8(2)6-5-7-9(3,4)11(8)12-10/h5-7,12H2,1-4H3. The normalized spacial score (nSPS) is 29.8. The number of hydrogen-bond acceptors (Lipinski definition) is 1. The van der Waals surface area contributed by atoms with Crippen LogP contribution in [0.3, 0.4) is 0 Å². The van der Waals surface area contributed by atoms with Gasteiger partial charge in [-0.25, -0.2) is 0 Å². The van der Waals surface area contributed by atoms with Gasteiger partial charge in [0.1, 0.15) is 0 Å². The maximum atomic E-state index is 2.77. The average molecular weight is 297 g/mol. The van der Waals surface area contributed by atoms with Crippen LogP contribution in [-0.2, 0) is 0 Å². The molecule has 0 bridgehead atoms. The summed E-state index contributed by atoms with van der Waals surface area (Å²) in [6.07, 6.45) is 4.17. The molecule has 0 aromatic heterocycles. The predicted molar refractivity (Wildman–Crippen MR) is 66.4 cm³/mol. The molecule has 72 valence electrons. The summed E-state index contributed by atoms with van der Waals surface area (Å²) in [5.74, 6) is 0. The van der Waals surface area contributed by atoms with Crippen LogP contribution in [0, 0.1) is 0 Å². The molecule has 0 N–H and O–H groups in total. The average Bonchev–Trinajstić information content (AvgIpc) is 1.83. The number of halogens is 1. The molecule has 12 heavy (non-hydrogen) atoms. The first-order chi connectivity index (χ1) is 5.40. The molecule has 0 saturated carbocycles. The highest BCUT2D eigenvalue weighted by Crippen LogP contribution is 2.37. The van der Waals surface area contributed by atoms with Gasteiger partial charge in [-0.05, 0) is 47.0 Å². The van der Waals surface area contributed by atoms with E-state index in [0.717, 1.165) is 0 Å². The van der Waals surface area contributed by atoms with E-state index >= 15 is 0 Å². The van der Waals surface area contributed by atoms with Gasteiger partial charge in [0.2, 0.25) is 0 Å². The summed E-state index contributed by atoms with van der Waals surface area (Å²) in [5.41, 5.74) is 0.935. The zero-order chi connectivity index (χ0) is 9.41. The minimum absolute atomic E-state index is 0.0368. The Hall–Kier alpha value is 0.907. The molecule has 0 unspecified atom stereocenters. The summed E-state index contributed by atoms with van der Waals surface area (Å²) in [4.78, 5) is 0. The lowest BCUT2D eigenvalue weighted by Crippen LogP contribution is -2.58. The van der Waals surface area contributed by atoms with Crippen LogP contribution in [0.15, 0.2) is 0 Å². The molecule has 0 aromatic rings. The van der Waals surface area contributed by atoms with Crippen LogP contribution >= 0.6 is 21.8 Å². The summed E-state index contributed by atoms with van der Waals surface area (Å²) in [5, 5.41) is 0. The fraction of sp³-hybridized carbons (Fsp3) is 1.00. The van der Waals surface area contributed by atoms with E-state index in [4.69, 9.17) is 0 Å². The van der Waals surface area contributed by atoms with E-state index in [1.165, 1.54) is 19.3 Å². The van der Waals surface area contributed by atoms with E-state index in [0.29, 0.717) is 11.1 Å². The minimum atomic E-state index is -0.0368. The molecule has 1 aliphatic heterocycles. The van der Waals surface area contributed by atoms with Crippen molar-refractivity contribution < 1.29 is 0 Å². The SMILES string of the molecule is CC1(C)CCCC(C)(C)N1[SiH2]I. The Balaban J connectivity index is 2.81. The van der Waals surface area contributed by atoms with Crippen molar-refractivity contribution in [3.05, 3.63) is 0 Å². The predicted octanol–water partition coefficient (Wildman–Crippen LogP) is 2.46. The molecule has 3 heteroatoms. The first-order valence-electron chi connectivity index (χ1n) is 4.74. The summed E-state index contributed by atoms with van der Waals surface area (Å²) in [7, 11) is -0.0368. The topological polar surface area (TPSA) is 3.24 Å². The van der Waals surface area contributed by atoms with Gasteiger partial charge >= 0.3 is 0 Å². The van der Waals surface area contributed by atoms with Crippen molar-refractivity contribution in [1.82, 2.24) is 4.57 Å². The van der Waals surface area contributed by atoms with Crippen LogP contribution in [0.5, 0.6) is 0 Å². The molecule has 0 spiro atoms. The first kappa shape index (κ1) is 11.0. The molecular formula is C9H20INSi. The quantitative estimate of drug-likeness (QED) is 0.408. The number of nitrogens with zero attached hydrogens (tertiary/aromatic N) is 1. The van der Waals surface area contributed by atoms with Crippen LogP contribution in [0.4, 0.5) is 0 Å². The molecule has 1 saturated heterocycles. The molecule has 0 radical (unpaired) electrons. The van der Waals surface area contributed by atoms with Gasteiger partial charge in [-0.15, -0.1) is 21.8 Å². The zero-order valence-corrected chi connectivity index (χ0v) is 12.2. The Morgan fingerprint density at radius 3 is 1.75 bits per heavy atom. The number of hydrogen-bond donors (Lipinski definition) is 0. The lowest BCUT2D eigenvalue weighted by Gasteiger charge is -2.52. The van der Waals surface area contributed by atoms with Gasteiger partial charge < -0.3 is 4.57 Å². The maximum absolute atomic E-state index is 2.77. The van der Waals surface area contributed by atoms with Gasteiger partial charge in [-0.3, -0.25) is 0 Å². The maximum Gasteiger partial charge on any atom is 0.166 e. The molecule has 0 aromatic carbocycles. The molecule has 0 aliphatic carbocycles. The first-order valence-corrected chi connectivity index (χ1v) is 10.5. The second-order valence-corrected chi connectivity index (χ2v) is 7.94. The summed E-state index contributed by atoms with van der Waals surface area (Å²) < 4.78 is 2.77. The van der Waals surface area contributed by atoms with Crippen LogP contribution in [0.1, 0.15) is 47.0 Å². The molecule has 1 aliphatic rings. The molecule has 1 fully saturated rings. The van der Waals surface area contributed by atoms with E-state index < -0.39 is 0 Å². The largest absolute Gasteiger partial charge is 0.310 e. The van der Waals surface area contributed by atoms with Crippen LogP contribution in [0.25, 0.3) is 0 Å². The van der Waals surface area contributed by atoms with Crippen molar-refractivity contribution >= 4 is 29.0 Å². The van der Waals surface area contributed by atoms with E-state index in [2.05, 4.69) is 54.1 Å². The second-order valence-electron chi connectivity index (χ2n) is 5.03. The van der Waals surface area contributed by atoms with Crippen molar-refractivity contribution in [3.63, 3.8) is 0 Å². The van der Waals surface area contributed by atoms with Crippen LogP contribution in [0.2, 0.25) is 0 Å². The lowest BCUT2D eigenvalue weighted by molar-refractivity contribution is 0.0570. The van der Waals surface area contributed by atoms with Crippen LogP contribution in [-0.4, -0.2) is 22.8 Å². The lowest BCUT2D eigenvalue weighted by atomic mass is 9.83. The van der Waals surface area contributed by atoms with Gasteiger partial charge in [0.25, 0.3) is 0 Å². The highest BCUT2D eigenvalue weighted by Gasteiger charge is 2.39. The Kier molecular flexibility index (Phi) is 3.27. The highest BCUT2D eigenvalue weighted by molar-refractivity contribution is 14.1. The monoisotopic (exact) mass is 297 g/mol. The Morgan fingerprint density at radius 2 is 1.50 bits per heavy atom. The van der Waals surface area contributed by atoms with Gasteiger partial charge in [-0.2, -0.15) is 0 Å². The molecular weight excluding hydrogens is 277 g/mol. The fourth-order valence-corrected chi connectivity index (χ4v) is 8.87. The summed E-state index contributed by atoms with van der Waals surface area (Å²) >= 11 is 2.62.